The van der Waals surface area contributed by atoms with Gasteiger partial charge in [-0.25, -0.2) is 0 Å². The lowest BCUT2D eigenvalue weighted by Gasteiger charge is -2.35. The minimum absolute atomic E-state index is 0.282. The minimum atomic E-state index is -0.282. The van der Waals surface area contributed by atoms with Crippen LogP contribution >= 0.6 is 23.8 Å². The monoisotopic (exact) mass is 393 g/mol. The zero-order valence-corrected chi connectivity index (χ0v) is 16.2. The van der Waals surface area contributed by atoms with E-state index in [1.54, 1.807) is 0 Å². The molecule has 7 heteroatoms. The third kappa shape index (κ3) is 4.14. The maximum absolute atomic E-state index is 5.97. The van der Waals surface area contributed by atoms with Crippen LogP contribution in [0, 0.1) is 0 Å². The van der Waals surface area contributed by atoms with Crippen molar-refractivity contribution in [2.45, 2.75) is 50.2 Å². The van der Waals surface area contributed by atoms with Gasteiger partial charge in [0.1, 0.15) is 5.60 Å². The van der Waals surface area contributed by atoms with Crippen LogP contribution in [0.5, 0.6) is 0 Å². The van der Waals surface area contributed by atoms with Gasteiger partial charge < -0.3 is 10.2 Å². The first-order valence-electron chi connectivity index (χ1n) is 9.28. The topological polar surface area (TPSA) is 45.8 Å². The van der Waals surface area contributed by atoms with Gasteiger partial charge in [0, 0.05) is 24.2 Å². The van der Waals surface area contributed by atoms with Gasteiger partial charge >= 0.3 is 0 Å². The quantitative estimate of drug-likeness (QED) is 0.761. The fourth-order valence-electron chi connectivity index (χ4n) is 3.83. The van der Waals surface area contributed by atoms with E-state index >= 15 is 0 Å². The lowest BCUT2D eigenvalue weighted by Crippen LogP contribution is -2.47. The summed E-state index contributed by atoms with van der Waals surface area (Å²) < 4.78 is 0. The highest BCUT2D eigenvalue weighted by atomic mass is 35.5. The van der Waals surface area contributed by atoms with Crippen LogP contribution in [0.1, 0.15) is 44.1 Å². The third-order valence-corrected chi connectivity index (χ3v) is 5.83. The molecule has 0 unspecified atom stereocenters. The Bertz CT molecular complexity index is 681. The van der Waals surface area contributed by atoms with Crippen LogP contribution < -0.4 is 10.8 Å². The van der Waals surface area contributed by atoms with Crippen molar-refractivity contribution >= 4 is 34.7 Å². The van der Waals surface area contributed by atoms with Crippen molar-refractivity contribution in [3.05, 3.63) is 40.9 Å². The van der Waals surface area contributed by atoms with Crippen LogP contribution in [0.25, 0.3) is 5.70 Å². The molecule has 1 aromatic carbocycles. The number of thiocarbonyl (C=S) groups is 1. The molecule has 0 bridgehead atoms. The Balaban J connectivity index is 1.30. The molecule has 1 aromatic rings. The number of hydrogen-bond donors (Lipinski definition) is 2. The molecule has 0 atom stereocenters. The fraction of sp³-hybridized carbons (Fsp3) is 0.526. The van der Waals surface area contributed by atoms with Gasteiger partial charge in [0.25, 0.3) is 5.17 Å². The van der Waals surface area contributed by atoms with Crippen molar-refractivity contribution in [2.75, 3.05) is 13.1 Å². The standard InChI is InChI=1S/C19H24ClN3O2S/c20-15-7-5-14(6-8-15)17-13-19(25-22-17)9-11-23(12-10-19)24-18(26)21-16-3-1-2-4-16/h5-8,13,16,22H,1-4,9-12H2,(H,21,26). The number of hydrogen-bond acceptors (Lipinski definition) is 5. The number of benzene rings is 1. The Kier molecular flexibility index (Phi) is 5.36. The van der Waals surface area contributed by atoms with Gasteiger partial charge in [0.15, 0.2) is 0 Å². The zero-order chi connectivity index (χ0) is 18.0. The van der Waals surface area contributed by atoms with E-state index in [4.69, 9.17) is 33.5 Å². The molecule has 2 heterocycles. The molecule has 1 aliphatic carbocycles. The van der Waals surface area contributed by atoms with Crippen LogP contribution in [0.4, 0.5) is 0 Å². The molecular formula is C19H24ClN3O2S. The van der Waals surface area contributed by atoms with Crippen LogP contribution in [0.15, 0.2) is 30.3 Å². The van der Waals surface area contributed by atoms with Crippen LogP contribution in [-0.2, 0) is 9.68 Å². The van der Waals surface area contributed by atoms with Gasteiger partial charge in [-0.1, -0.05) is 36.6 Å². The second-order valence-electron chi connectivity index (χ2n) is 7.27. The predicted octanol–water partition coefficient (Wildman–Crippen LogP) is 3.80. The largest absolute Gasteiger partial charge is 0.376 e. The van der Waals surface area contributed by atoms with E-state index < -0.39 is 0 Å². The Labute approximate surface area is 164 Å². The first kappa shape index (κ1) is 18.0. The summed E-state index contributed by atoms with van der Waals surface area (Å²) >= 11 is 11.3. The molecule has 140 valence electrons. The third-order valence-electron chi connectivity index (χ3n) is 5.38. The molecule has 3 aliphatic rings. The first-order chi connectivity index (χ1) is 12.6. The van der Waals surface area contributed by atoms with Crippen molar-refractivity contribution in [1.29, 1.82) is 0 Å². The Morgan fingerprint density at radius 1 is 1.23 bits per heavy atom. The molecule has 1 spiro atoms. The van der Waals surface area contributed by atoms with Crippen molar-refractivity contribution in [1.82, 2.24) is 15.9 Å². The number of piperidine rings is 1. The number of rotatable bonds is 3. The summed E-state index contributed by atoms with van der Waals surface area (Å²) in [6.07, 6.45) is 8.81. The molecule has 1 saturated carbocycles. The van der Waals surface area contributed by atoms with Gasteiger partial charge in [-0.15, -0.1) is 5.06 Å². The molecular weight excluding hydrogens is 370 g/mol. The highest BCUT2D eigenvalue weighted by Crippen LogP contribution is 2.35. The number of nitrogens with zero attached hydrogens (tertiary/aromatic N) is 1. The zero-order valence-electron chi connectivity index (χ0n) is 14.7. The average molecular weight is 394 g/mol. The molecule has 0 aromatic heterocycles. The molecule has 1 saturated heterocycles. The lowest BCUT2D eigenvalue weighted by atomic mass is 9.91. The fourth-order valence-corrected chi connectivity index (χ4v) is 4.23. The summed E-state index contributed by atoms with van der Waals surface area (Å²) in [5, 5.41) is 6.49. The van der Waals surface area contributed by atoms with Gasteiger partial charge in [-0.05, 0) is 61.7 Å². The van der Waals surface area contributed by atoms with E-state index in [0.29, 0.717) is 11.2 Å². The molecule has 4 rings (SSSR count). The number of halogens is 1. The van der Waals surface area contributed by atoms with E-state index in [-0.39, 0.29) is 5.60 Å². The van der Waals surface area contributed by atoms with Gasteiger partial charge in [0.05, 0.1) is 5.70 Å². The van der Waals surface area contributed by atoms with E-state index in [1.165, 1.54) is 25.7 Å². The smallest absolute Gasteiger partial charge is 0.278 e. The van der Waals surface area contributed by atoms with Crippen LogP contribution in [-0.4, -0.2) is 35.0 Å². The van der Waals surface area contributed by atoms with E-state index in [0.717, 1.165) is 42.2 Å². The summed E-state index contributed by atoms with van der Waals surface area (Å²) in [6.45, 7) is 1.55. The van der Waals surface area contributed by atoms with Crippen LogP contribution in [0.2, 0.25) is 5.02 Å². The molecule has 2 N–H and O–H groups in total. The SMILES string of the molecule is S=C(NC1CCCC1)ON1CCC2(C=C(c3ccc(Cl)cc3)NO2)CC1. The van der Waals surface area contributed by atoms with Gasteiger partial charge in [0.2, 0.25) is 0 Å². The predicted molar refractivity (Wildman–Crippen MR) is 106 cm³/mol. The molecule has 26 heavy (non-hydrogen) atoms. The molecule has 2 aliphatic heterocycles. The molecule has 0 radical (unpaired) electrons. The molecule has 0 amide bonds. The normalized spacial score (nSPS) is 22.9. The van der Waals surface area contributed by atoms with Gasteiger partial charge in [-0.2, -0.15) is 0 Å². The van der Waals surface area contributed by atoms with Crippen molar-refractivity contribution in [3.8, 4) is 0 Å². The molecule has 2 fully saturated rings. The van der Waals surface area contributed by atoms with E-state index in [2.05, 4.69) is 16.9 Å². The number of nitrogens with one attached hydrogen (secondary N) is 2. The first-order valence-corrected chi connectivity index (χ1v) is 10.1. The second-order valence-corrected chi connectivity index (χ2v) is 8.07. The Morgan fingerprint density at radius 3 is 2.62 bits per heavy atom. The van der Waals surface area contributed by atoms with Crippen molar-refractivity contribution in [2.24, 2.45) is 0 Å². The molecule has 5 nitrogen and oxygen atoms in total. The van der Waals surface area contributed by atoms with Crippen molar-refractivity contribution in [3.63, 3.8) is 0 Å². The van der Waals surface area contributed by atoms with E-state index in [9.17, 15) is 0 Å². The summed E-state index contributed by atoms with van der Waals surface area (Å²) in [6, 6.07) is 8.24. The maximum atomic E-state index is 5.97. The highest BCUT2D eigenvalue weighted by molar-refractivity contribution is 7.80. The Hall–Kier alpha value is -1.34. The number of hydroxylamine groups is 3. The summed E-state index contributed by atoms with van der Waals surface area (Å²) in [5.74, 6) is 0. The van der Waals surface area contributed by atoms with Gasteiger partial charge in [-0.3, -0.25) is 10.3 Å². The highest BCUT2D eigenvalue weighted by Gasteiger charge is 2.39. The minimum Gasteiger partial charge on any atom is -0.376 e. The average Bonchev–Trinajstić information content (AvgIpc) is 3.28. The summed E-state index contributed by atoms with van der Waals surface area (Å²) in [5.41, 5.74) is 4.87. The van der Waals surface area contributed by atoms with Crippen LogP contribution in [0.3, 0.4) is 0 Å². The van der Waals surface area contributed by atoms with E-state index in [1.807, 2.05) is 29.3 Å². The summed E-state index contributed by atoms with van der Waals surface area (Å²) in [7, 11) is 0. The Morgan fingerprint density at radius 2 is 1.92 bits per heavy atom. The van der Waals surface area contributed by atoms with Crippen molar-refractivity contribution < 1.29 is 9.68 Å². The maximum Gasteiger partial charge on any atom is 0.278 e. The lowest BCUT2D eigenvalue weighted by molar-refractivity contribution is -0.144. The second kappa shape index (κ2) is 7.72. The summed E-state index contributed by atoms with van der Waals surface area (Å²) in [4.78, 5) is 11.8.